The van der Waals surface area contributed by atoms with Crippen LogP contribution >= 0.6 is 0 Å². The van der Waals surface area contributed by atoms with Gasteiger partial charge in [-0.05, 0) is 69.2 Å². The molecule has 4 rings (SSSR count). The third kappa shape index (κ3) is 5.09. The summed E-state index contributed by atoms with van der Waals surface area (Å²) < 4.78 is 13.0. The van der Waals surface area contributed by atoms with Crippen molar-refractivity contribution in [3.05, 3.63) is 71.2 Å². The fourth-order valence-corrected chi connectivity index (χ4v) is 3.40. The fourth-order valence-electron chi connectivity index (χ4n) is 3.40. The lowest BCUT2D eigenvalue weighted by atomic mass is 10.1. The number of anilines is 2. The molecule has 1 amide bonds. The van der Waals surface area contributed by atoms with E-state index in [-0.39, 0.29) is 24.2 Å². The van der Waals surface area contributed by atoms with Crippen molar-refractivity contribution in [3.63, 3.8) is 0 Å². The summed E-state index contributed by atoms with van der Waals surface area (Å²) in [5, 5.41) is 10.8. The number of ether oxygens (including phenoxy) is 1. The number of nitrogens with one attached hydrogen (secondary N) is 1. The van der Waals surface area contributed by atoms with Gasteiger partial charge in [0.2, 0.25) is 5.89 Å². The number of oxazole rings is 1. The van der Waals surface area contributed by atoms with Crippen molar-refractivity contribution in [3.8, 4) is 17.2 Å². The van der Waals surface area contributed by atoms with E-state index >= 15 is 0 Å². The molecule has 2 heterocycles. The van der Waals surface area contributed by atoms with Gasteiger partial charge in [0.05, 0.1) is 12.6 Å². The number of amides is 1. The molecule has 0 atom stereocenters. The highest BCUT2D eigenvalue weighted by Crippen LogP contribution is 2.25. The summed E-state index contributed by atoms with van der Waals surface area (Å²) in [5.41, 5.74) is 9.56. The summed E-state index contributed by atoms with van der Waals surface area (Å²) in [5.74, 6) is 1.63. The highest BCUT2D eigenvalue weighted by molar-refractivity contribution is 6.05. The van der Waals surface area contributed by atoms with Crippen molar-refractivity contribution >= 4 is 17.4 Å². The Bertz CT molecular complexity index is 1270. The van der Waals surface area contributed by atoms with E-state index < -0.39 is 5.91 Å². The van der Waals surface area contributed by atoms with Gasteiger partial charge in [-0.25, -0.2) is 9.67 Å². The van der Waals surface area contributed by atoms with E-state index in [2.05, 4.69) is 27.5 Å². The maximum Gasteiger partial charge on any atom is 0.280 e. The summed E-state index contributed by atoms with van der Waals surface area (Å²) in [6, 6.07) is 15.2. The number of aromatic nitrogens is 4. The van der Waals surface area contributed by atoms with E-state index in [4.69, 9.17) is 14.9 Å². The molecule has 0 aliphatic rings. The Kier molecular flexibility index (Phi) is 6.62. The van der Waals surface area contributed by atoms with Gasteiger partial charge < -0.3 is 20.2 Å². The first kappa shape index (κ1) is 23.0. The van der Waals surface area contributed by atoms with Gasteiger partial charge >= 0.3 is 0 Å². The van der Waals surface area contributed by atoms with Crippen LogP contribution in [-0.4, -0.2) is 32.0 Å². The van der Waals surface area contributed by atoms with Crippen LogP contribution < -0.4 is 15.8 Å². The predicted molar refractivity (Wildman–Crippen MR) is 130 cm³/mol. The number of hydrogen-bond acceptors (Lipinski definition) is 7. The average Bonchev–Trinajstić information content (AvgIpc) is 3.37. The van der Waals surface area contributed by atoms with Crippen molar-refractivity contribution < 1.29 is 13.9 Å². The van der Waals surface area contributed by atoms with Crippen molar-refractivity contribution in [2.45, 2.75) is 46.8 Å². The molecule has 176 valence electrons. The fraction of sp³-hybridized carbons (Fsp3) is 0.280. The quantitative estimate of drug-likeness (QED) is 0.398. The van der Waals surface area contributed by atoms with Gasteiger partial charge in [0.1, 0.15) is 17.2 Å². The molecule has 0 bridgehead atoms. The molecular formula is C25H28N6O3. The molecule has 0 spiro atoms. The Morgan fingerprint density at radius 2 is 1.85 bits per heavy atom. The Hall–Kier alpha value is -4.14. The van der Waals surface area contributed by atoms with Gasteiger partial charge in [-0.2, -0.15) is 0 Å². The zero-order valence-electron chi connectivity index (χ0n) is 19.7. The second kappa shape index (κ2) is 9.78. The number of hydrogen-bond donors (Lipinski definition) is 2. The molecule has 2 aromatic heterocycles. The van der Waals surface area contributed by atoms with E-state index in [1.165, 1.54) is 10.2 Å². The number of carbonyl (C=O) groups is 1. The van der Waals surface area contributed by atoms with Crippen molar-refractivity contribution in [1.29, 1.82) is 0 Å². The van der Waals surface area contributed by atoms with E-state index in [9.17, 15) is 4.79 Å². The minimum absolute atomic E-state index is 0.0571. The molecule has 0 aliphatic carbocycles. The molecular weight excluding hydrogens is 432 g/mol. The predicted octanol–water partition coefficient (Wildman–Crippen LogP) is 4.47. The molecule has 0 fully saturated rings. The van der Waals surface area contributed by atoms with Gasteiger partial charge in [-0.15, -0.1) is 5.10 Å². The van der Waals surface area contributed by atoms with Crippen LogP contribution in [-0.2, 0) is 13.0 Å². The molecule has 3 N–H and O–H groups in total. The number of nitrogens with two attached hydrogens (primary N) is 1. The van der Waals surface area contributed by atoms with Crippen LogP contribution in [0.25, 0.3) is 11.5 Å². The summed E-state index contributed by atoms with van der Waals surface area (Å²) in [6.07, 6.45) is 1.03. The Balaban J connectivity index is 1.47. The van der Waals surface area contributed by atoms with Crippen LogP contribution in [0.4, 0.5) is 11.5 Å². The highest BCUT2D eigenvalue weighted by atomic mass is 16.5. The second-order valence-corrected chi connectivity index (χ2v) is 8.20. The Labute approximate surface area is 197 Å². The third-order valence-electron chi connectivity index (χ3n) is 5.27. The standard InChI is InChI=1S/C25H28N6O3/c1-5-17-6-10-19(11-7-17)27-24(32)22-23(26)31(30-29-22)14-21-16(4)34-25(28-21)18-8-12-20(13-9-18)33-15(2)3/h6-13,15H,5,14,26H2,1-4H3,(H,27,32). The topological polar surface area (TPSA) is 121 Å². The summed E-state index contributed by atoms with van der Waals surface area (Å²) in [7, 11) is 0. The van der Waals surface area contributed by atoms with Gasteiger partial charge in [-0.1, -0.05) is 24.3 Å². The van der Waals surface area contributed by atoms with Gasteiger partial charge in [0.15, 0.2) is 11.5 Å². The monoisotopic (exact) mass is 460 g/mol. The summed E-state index contributed by atoms with van der Waals surface area (Å²) in [6.45, 7) is 8.08. The molecule has 0 saturated carbocycles. The average molecular weight is 461 g/mol. The molecule has 0 unspecified atom stereocenters. The number of carbonyl (C=O) groups excluding carboxylic acids is 1. The highest BCUT2D eigenvalue weighted by Gasteiger charge is 2.20. The third-order valence-corrected chi connectivity index (χ3v) is 5.27. The van der Waals surface area contributed by atoms with E-state index in [0.29, 0.717) is 23.0 Å². The van der Waals surface area contributed by atoms with Crippen molar-refractivity contribution in [2.24, 2.45) is 0 Å². The van der Waals surface area contributed by atoms with Gasteiger partial charge in [0, 0.05) is 11.3 Å². The van der Waals surface area contributed by atoms with E-state index in [0.717, 1.165) is 17.7 Å². The van der Waals surface area contributed by atoms with Crippen LogP contribution in [0.2, 0.25) is 0 Å². The van der Waals surface area contributed by atoms with Gasteiger partial charge in [0.25, 0.3) is 5.91 Å². The van der Waals surface area contributed by atoms with E-state index in [1.807, 2.05) is 69.3 Å². The minimum atomic E-state index is -0.422. The normalized spacial score (nSPS) is 11.1. The zero-order valence-corrected chi connectivity index (χ0v) is 19.7. The lowest BCUT2D eigenvalue weighted by molar-refractivity contribution is 0.102. The number of aryl methyl sites for hydroxylation is 2. The van der Waals surface area contributed by atoms with Crippen LogP contribution in [0.15, 0.2) is 52.9 Å². The number of benzene rings is 2. The molecule has 0 saturated heterocycles. The first-order valence-corrected chi connectivity index (χ1v) is 11.2. The lowest BCUT2D eigenvalue weighted by Gasteiger charge is -2.09. The number of nitrogen functional groups attached to an aromatic ring is 1. The first-order valence-electron chi connectivity index (χ1n) is 11.2. The summed E-state index contributed by atoms with van der Waals surface area (Å²) >= 11 is 0. The van der Waals surface area contributed by atoms with Crippen LogP contribution in [0.5, 0.6) is 5.75 Å². The number of rotatable bonds is 8. The molecule has 4 aromatic rings. The smallest absolute Gasteiger partial charge is 0.280 e. The second-order valence-electron chi connectivity index (χ2n) is 8.20. The Morgan fingerprint density at radius 3 is 2.50 bits per heavy atom. The largest absolute Gasteiger partial charge is 0.491 e. The maximum atomic E-state index is 12.7. The molecule has 2 aromatic carbocycles. The summed E-state index contributed by atoms with van der Waals surface area (Å²) in [4.78, 5) is 17.2. The minimum Gasteiger partial charge on any atom is -0.491 e. The lowest BCUT2D eigenvalue weighted by Crippen LogP contribution is -2.15. The van der Waals surface area contributed by atoms with Crippen LogP contribution in [0, 0.1) is 6.92 Å². The van der Waals surface area contributed by atoms with E-state index in [1.54, 1.807) is 0 Å². The first-order chi connectivity index (χ1) is 16.3. The van der Waals surface area contributed by atoms with Crippen molar-refractivity contribution in [2.75, 3.05) is 11.1 Å². The molecule has 34 heavy (non-hydrogen) atoms. The number of nitrogens with zero attached hydrogens (tertiary/aromatic N) is 4. The van der Waals surface area contributed by atoms with Crippen LogP contribution in [0.3, 0.4) is 0 Å². The zero-order chi connectivity index (χ0) is 24.2. The van der Waals surface area contributed by atoms with Crippen molar-refractivity contribution in [1.82, 2.24) is 20.0 Å². The molecule has 0 aliphatic heterocycles. The molecule has 9 heteroatoms. The molecule has 0 radical (unpaired) electrons. The Morgan fingerprint density at radius 1 is 1.15 bits per heavy atom. The van der Waals surface area contributed by atoms with Gasteiger partial charge in [-0.3, -0.25) is 4.79 Å². The molecule has 9 nitrogen and oxygen atoms in total. The van der Waals surface area contributed by atoms with Crippen LogP contribution in [0.1, 0.15) is 48.3 Å². The maximum absolute atomic E-state index is 12.7. The SMILES string of the molecule is CCc1ccc(NC(=O)c2nnn(Cc3nc(-c4ccc(OC(C)C)cc4)oc3C)c2N)cc1.